The highest BCUT2D eigenvalue weighted by molar-refractivity contribution is 5.38. The van der Waals surface area contributed by atoms with Crippen molar-refractivity contribution in [3.05, 3.63) is 76.6 Å². The zero-order chi connectivity index (χ0) is 22.6. The molecule has 2 aromatic rings. The molecule has 2 nitrogen and oxygen atoms in total. The Labute approximate surface area is 178 Å². The third-order valence-electron chi connectivity index (χ3n) is 5.57. The molecular weight excluding hydrogens is 413 g/mol. The van der Waals surface area contributed by atoms with Crippen molar-refractivity contribution in [2.45, 2.75) is 51.1 Å². The minimum atomic E-state index is -4.15. The molecule has 0 N–H and O–H groups in total. The van der Waals surface area contributed by atoms with Crippen LogP contribution in [-0.4, -0.2) is 0 Å². The van der Waals surface area contributed by atoms with Crippen LogP contribution in [0.15, 0.2) is 42.5 Å². The van der Waals surface area contributed by atoms with Gasteiger partial charge in [-0.25, -0.2) is 13.2 Å². The normalized spacial score (nSPS) is 19.4. The first-order valence-corrected chi connectivity index (χ1v) is 10.2. The zero-order valence-electron chi connectivity index (χ0n) is 17.0. The van der Waals surface area contributed by atoms with Crippen LogP contribution in [0.3, 0.4) is 0 Å². The van der Waals surface area contributed by atoms with Crippen molar-refractivity contribution in [2.75, 3.05) is 0 Å². The monoisotopic (exact) mass is 435 g/mol. The molecule has 0 aromatic heterocycles. The van der Waals surface area contributed by atoms with Gasteiger partial charge in [0.25, 0.3) is 0 Å². The number of alkyl halides is 2. The summed E-state index contributed by atoms with van der Waals surface area (Å²) in [5.74, 6) is -4.09. The van der Waals surface area contributed by atoms with Gasteiger partial charge in [0.05, 0.1) is 5.56 Å². The molecule has 0 saturated heterocycles. The van der Waals surface area contributed by atoms with Gasteiger partial charge in [0.1, 0.15) is 34.8 Å². The largest absolute Gasteiger partial charge is 0.429 e. The molecular formula is C24H22F5NO. The average molecular weight is 435 g/mol. The lowest BCUT2D eigenvalue weighted by Crippen LogP contribution is -2.24. The van der Waals surface area contributed by atoms with Gasteiger partial charge in [-0.1, -0.05) is 25.1 Å². The van der Waals surface area contributed by atoms with E-state index < -0.39 is 40.4 Å². The van der Waals surface area contributed by atoms with Crippen LogP contribution in [0.2, 0.25) is 0 Å². The molecule has 1 saturated carbocycles. The number of hydrogen-bond acceptors (Lipinski definition) is 2. The number of nitriles is 1. The predicted octanol–water partition coefficient (Wildman–Crippen LogP) is 7.34. The molecule has 0 spiro atoms. The van der Waals surface area contributed by atoms with Crippen LogP contribution in [0.1, 0.15) is 61.6 Å². The van der Waals surface area contributed by atoms with Crippen LogP contribution < -0.4 is 4.74 Å². The van der Waals surface area contributed by atoms with Crippen LogP contribution in [0.4, 0.5) is 22.0 Å². The topological polar surface area (TPSA) is 33.0 Å². The summed E-state index contributed by atoms with van der Waals surface area (Å²) in [5, 5.41) is 8.65. The summed E-state index contributed by atoms with van der Waals surface area (Å²) in [7, 11) is 0. The predicted molar refractivity (Wildman–Crippen MR) is 106 cm³/mol. The van der Waals surface area contributed by atoms with E-state index in [1.165, 1.54) is 12.1 Å². The number of rotatable bonds is 6. The van der Waals surface area contributed by atoms with E-state index in [4.69, 9.17) is 5.26 Å². The lowest BCUT2D eigenvalue weighted by Gasteiger charge is -2.27. The molecule has 2 aromatic carbocycles. The van der Waals surface area contributed by atoms with E-state index in [-0.39, 0.29) is 5.92 Å². The van der Waals surface area contributed by atoms with Crippen LogP contribution in [0, 0.1) is 34.7 Å². The highest BCUT2D eigenvalue weighted by atomic mass is 19.3. The molecule has 0 amide bonds. The van der Waals surface area contributed by atoms with E-state index >= 15 is 0 Å². The van der Waals surface area contributed by atoms with Crippen LogP contribution >= 0.6 is 0 Å². The lowest BCUT2D eigenvalue weighted by molar-refractivity contribution is -0.187. The second-order valence-corrected chi connectivity index (χ2v) is 7.68. The Bertz CT molecular complexity index is 981. The minimum absolute atomic E-state index is 0.0890. The van der Waals surface area contributed by atoms with Gasteiger partial charge in [0.15, 0.2) is 0 Å². The number of benzene rings is 2. The minimum Gasteiger partial charge on any atom is -0.429 e. The number of halogens is 5. The van der Waals surface area contributed by atoms with Gasteiger partial charge in [-0.15, -0.1) is 0 Å². The Morgan fingerprint density at radius 2 is 1.68 bits per heavy atom. The second kappa shape index (κ2) is 9.51. The van der Waals surface area contributed by atoms with E-state index in [2.05, 4.69) is 23.8 Å². The third-order valence-corrected chi connectivity index (χ3v) is 5.57. The van der Waals surface area contributed by atoms with Gasteiger partial charge < -0.3 is 4.74 Å². The maximum absolute atomic E-state index is 14.6. The molecule has 0 bridgehead atoms. The van der Waals surface area contributed by atoms with E-state index in [1.807, 2.05) is 0 Å². The molecule has 7 heteroatoms. The van der Waals surface area contributed by atoms with Gasteiger partial charge >= 0.3 is 6.11 Å². The summed E-state index contributed by atoms with van der Waals surface area (Å²) in [4.78, 5) is 0. The van der Waals surface area contributed by atoms with E-state index in [1.54, 1.807) is 0 Å². The summed E-state index contributed by atoms with van der Waals surface area (Å²) < 4.78 is 75.3. The van der Waals surface area contributed by atoms with Crippen molar-refractivity contribution < 1.29 is 26.7 Å². The van der Waals surface area contributed by atoms with E-state index in [0.717, 1.165) is 44.2 Å². The van der Waals surface area contributed by atoms with Crippen LogP contribution in [-0.2, 0) is 6.11 Å². The Morgan fingerprint density at radius 3 is 2.23 bits per heavy atom. The summed E-state index contributed by atoms with van der Waals surface area (Å²) in [6, 6.07) is 5.70. The molecule has 1 aliphatic rings. The molecule has 1 fully saturated rings. The lowest BCUT2D eigenvalue weighted by atomic mass is 9.78. The fraction of sp³-hybridized carbons (Fsp3) is 0.375. The molecule has 0 unspecified atom stereocenters. The first kappa shape index (κ1) is 22.8. The summed E-state index contributed by atoms with van der Waals surface area (Å²) in [6.45, 7) is 2.07. The van der Waals surface area contributed by atoms with Crippen molar-refractivity contribution >= 4 is 0 Å². The van der Waals surface area contributed by atoms with Crippen molar-refractivity contribution in [3.8, 4) is 11.8 Å². The van der Waals surface area contributed by atoms with Crippen molar-refractivity contribution in [1.82, 2.24) is 0 Å². The number of ether oxygens (including phenoxy) is 1. The summed E-state index contributed by atoms with van der Waals surface area (Å²) in [6.07, 6.45) is 4.75. The van der Waals surface area contributed by atoms with Crippen molar-refractivity contribution in [3.63, 3.8) is 0 Å². The Hall–Kier alpha value is -2.88. The molecule has 164 valence electrons. The summed E-state index contributed by atoms with van der Waals surface area (Å²) >= 11 is 0. The molecule has 0 radical (unpaired) electrons. The fourth-order valence-electron chi connectivity index (χ4n) is 3.91. The van der Waals surface area contributed by atoms with Gasteiger partial charge in [-0.05, 0) is 61.6 Å². The number of hydrogen-bond donors (Lipinski definition) is 0. The van der Waals surface area contributed by atoms with Crippen LogP contribution in [0.5, 0.6) is 5.75 Å². The van der Waals surface area contributed by atoms with Crippen molar-refractivity contribution in [1.29, 1.82) is 5.26 Å². The molecule has 0 heterocycles. The average Bonchev–Trinajstić information content (AvgIpc) is 2.72. The first-order chi connectivity index (χ1) is 14.7. The van der Waals surface area contributed by atoms with Gasteiger partial charge in [0, 0.05) is 12.1 Å². The summed E-state index contributed by atoms with van der Waals surface area (Å²) in [5.41, 5.74) is -1.29. The van der Waals surface area contributed by atoms with E-state index in [0.29, 0.717) is 23.6 Å². The van der Waals surface area contributed by atoms with Crippen LogP contribution in [0.25, 0.3) is 0 Å². The molecule has 3 rings (SSSR count). The van der Waals surface area contributed by atoms with Gasteiger partial charge in [0.2, 0.25) is 0 Å². The maximum atomic E-state index is 14.6. The van der Waals surface area contributed by atoms with Gasteiger partial charge in [-0.2, -0.15) is 14.0 Å². The SMILES string of the molecule is CC/C=C\[C@H]1CC[C@H](c2ccc(C(F)(F)Oc3cc(F)c(C#N)c(F)c3)c(F)c2)CC1. The third kappa shape index (κ3) is 5.25. The standard InChI is InChI=1S/C24H22F5NO/c1-2-3-4-15-5-7-16(8-6-15)17-9-10-20(23(27)11-17)24(28,29)31-18-12-21(25)19(14-30)22(26)13-18/h3-4,9-13,15-16H,2,5-8H2,1H3/b4-3-/t15-,16-. The number of allylic oxidation sites excluding steroid dienone is 2. The zero-order valence-corrected chi connectivity index (χ0v) is 17.0. The van der Waals surface area contributed by atoms with Crippen molar-refractivity contribution in [2.24, 2.45) is 5.92 Å². The number of nitrogens with zero attached hydrogens (tertiary/aromatic N) is 1. The molecule has 0 atom stereocenters. The van der Waals surface area contributed by atoms with E-state index in [9.17, 15) is 22.0 Å². The quantitative estimate of drug-likeness (QED) is 0.351. The van der Waals surface area contributed by atoms with Gasteiger partial charge in [-0.3, -0.25) is 0 Å². The highest BCUT2D eigenvalue weighted by Gasteiger charge is 2.38. The first-order valence-electron chi connectivity index (χ1n) is 10.2. The molecule has 0 aliphatic heterocycles. The Morgan fingerprint density at radius 1 is 1.03 bits per heavy atom. The highest BCUT2D eigenvalue weighted by Crippen LogP contribution is 2.39. The Balaban J connectivity index is 1.75. The maximum Gasteiger partial charge on any atom is 0.429 e. The molecule has 31 heavy (non-hydrogen) atoms. The second-order valence-electron chi connectivity index (χ2n) is 7.68. The fourth-order valence-corrected chi connectivity index (χ4v) is 3.91. The smallest absolute Gasteiger partial charge is 0.429 e. The Kier molecular flexibility index (Phi) is 6.99. The molecule has 1 aliphatic carbocycles.